The molecule has 0 amide bonds. The van der Waals surface area contributed by atoms with Crippen LogP contribution in [0.25, 0.3) is 0 Å². The van der Waals surface area contributed by atoms with Crippen LogP contribution in [0, 0.1) is 10.8 Å². The minimum atomic E-state index is 0.184. The van der Waals surface area contributed by atoms with Crippen LogP contribution >= 0.6 is 0 Å². The van der Waals surface area contributed by atoms with Crippen molar-refractivity contribution >= 4 is 11.5 Å². The van der Waals surface area contributed by atoms with Crippen molar-refractivity contribution in [2.45, 2.75) is 32.1 Å². The Morgan fingerprint density at radius 3 is 2.56 bits per heavy atom. The quantitative estimate of drug-likeness (QED) is 0.728. The number of hydrogen-bond donors (Lipinski definition) is 0. The lowest BCUT2D eigenvalue weighted by Crippen LogP contribution is -2.20. The Hall–Kier alpha value is -1.51. The van der Waals surface area contributed by atoms with E-state index < -0.39 is 0 Å². The molecule has 0 N–H and O–H groups in total. The van der Waals surface area contributed by atoms with Crippen LogP contribution in [-0.4, -0.2) is 5.78 Å². The van der Waals surface area contributed by atoms with Gasteiger partial charge in [-0.25, -0.2) is 0 Å². The highest BCUT2D eigenvalue weighted by atomic mass is 16.3. The van der Waals surface area contributed by atoms with E-state index >= 15 is 0 Å². The standard InChI is InChI=1S/C13H15NO2/c15-13-4-2-1-3-11(13)9-10-5-7-12(14-16)8-6-10/h5-8,11H,1-4,9H2. The summed E-state index contributed by atoms with van der Waals surface area (Å²) in [5.74, 6) is 0.577. The van der Waals surface area contributed by atoms with Gasteiger partial charge in [0.2, 0.25) is 0 Å². The van der Waals surface area contributed by atoms with Gasteiger partial charge in [0, 0.05) is 12.3 Å². The molecule has 1 aliphatic rings. The largest absolute Gasteiger partial charge is 0.299 e. The predicted octanol–water partition coefficient (Wildman–Crippen LogP) is 3.39. The molecule has 1 saturated carbocycles. The average molecular weight is 217 g/mol. The molecule has 0 radical (unpaired) electrons. The van der Waals surface area contributed by atoms with Crippen molar-refractivity contribution < 1.29 is 4.79 Å². The maximum Gasteiger partial charge on any atom is 0.136 e. The number of nitrogens with zero attached hydrogens (tertiary/aromatic N) is 1. The lowest BCUT2D eigenvalue weighted by atomic mass is 9.84. The first-order chi connectivity index (χ1) is 7.79. The molecule has 1 aliphatic carbocycles. The first-order valence-electron chi connectivity index (χ1n) is 5.74. The zero-order valence-corrected chi connectivity index (χ0v) is 9.19. The maximum atomic E-state index is 11.7. The summed E-state index contributed by atoms with van der Waals surface area (Å²) in [6, 6.07) is 7.18. The summed E-state index contributed by atoms with van der Waals surface area (Å²) in [4.78, 5) is 21.9. The van der Waals surface area contributed by atoms with Crippen molar-refractivity contribution in [3.63, 3.8) is 0 Å². The molecule has 0 saturated heterocycles. The van der Waals surface area contributed by atoms with E-state index in [4.69, 9.17) is 0 Å². The van der Waals surface area contributed by atoms with Crippen LogP contribution in [0.1, 0.15) is 31.2 Å². The summed E-state index contributed by atoms with van der Waals surface area (Å²) in [7, 11) is 0. The topological polar surface area (TPSA) is 46.5 Å². The number of carbonyl (C=O) groups excluding carboxylic acids is 1. The van der Waals surface area contributed by atoms with Gasteiger partial charge < -0.3 is 0 Å². The van der Waals surface area contributed by atoms with Crippen LogP contribution in [-0.2, 0) is 11.2 Å². The van der Waals surface area contributed by atoms with E-state index in [9.17, 15) is 9.70 Å². The summed E-state index contributed by atoms with van der Waals surface area (Å²) in [6.45, 7) is 0. The van der Waals surface area contributed by atoms with Crippen LogP contribution in [0.3, 0.4) is 0 Å². The van der Waals surface area contributed by atoms with Gasteiger partial charge in [0.15, 0.2) is 0 Å². The summed E-state index contributed by atoms with van der Waals surface area (Å²) in [5, 5.41) is 2.86. The molecule has 84 valence electrons. The smallest absolute Gasteiger partial charge is 0.136 e. The van der Waals surface area contributed by atoms with E-state index in [0.29, 0.717) is 11.5 Å². The molecule has 0 bridgehead atoms. The number of carbonyl (C=O) groups is 1. The van der Waals surface area contributed by atoms with Crippen LogP contribution in [0.15, 0.2) is 29.4 Å². The molecule has 1 unspecified atom stereocenters. The van der Waals surface area contributed by atoms with E-state index in [1.807, 2.05) is 12.1 Å². The first kappa shape index (κ1) is 11.0. The SMILES string of the molecule is O=Nc1ccc(CC2CCCCC2=O)cc1. The lowest BCUT2D eigenvalue weighted by molar-refractivity contribution is -0.124. The molecule has 0 aliphatic heterocycles. The molecule has 1 fully saturated rings. The molecular weight excluding hydrogens is 202 g/mol. The summed E-state index contributed by atoms with van der Waals surface area (Å²) in [5.41, 5.74) is 1.56. The van der Waals surface area contributed by atoms with Gasteiger partial charge in [-0.05, 0) is 42.1 Å². The molecule has 0 aromatic heterocycles. The second-order valence-electron chi connectivity index (χ2n) is 4.37. The summed E-state index contributed by atoms with van der Waals surface area (Å²) >= 11 is 0. The van der Waals surface area contributed by atoms with Gasteiger partial charge in [-0.1, -0.05) is 18.6 Å². The Morgan fingerprint density at radius 2 is 1.94 bits per heavy atom. The highest BCUT2D eigenvalue weighted by Gasteiger charge is 2.21. The highest BCUT2D eigenvalue weighted by molar-refractivity contribution is 5.81. The maximum absolute atomic E-state index is 11.7. The second-order valence-corrected chi connectivity index (χ2v) is 4.37. The van der Waals surface area contributed by atoms with Crippen molar-refractivity contribution in [1.29, 1.82) is 0 Å². The lowest BCUT2D eigenvalue weighted by Gasteiger charge is -2.20. The Morgan fingerprint density at radius 1 is 1.19 bits per heavy atom. The zero-order valence-electron chi connectivity index (χ0n) is 9.19. The Labute approximate surface area is 94.8 Å². The van der Waals surface area contributed by atoms with Gasteiger partial charge in [-0.2, -0.15) is 0 Å². The molecule has 1 aromatic carbocycles. The first-order valence-corrected chi connectivity index (χ1v) is 5.74. The average Bonchev–Trinajstić information content (AvgIpc) is 2.33. The van der Waals surface area contributed by atoms with E-state index in [1.165, 1.54) is 0 Å². The van der Waals surface area contributed by atoms with Crippen LogP contribution in [0.5, 0.6) is 0 Å². The summed E-state index contributed by atoms with van der Waals surface area (Å²) < 4.78 is 0. The monoisotopic (exact) mass is 217 g/mol. The molecule has 2 rings (SSSR count). The van der Waals surface area contributed by atoms with Crippen molar-refractivity contribution in [2.75, 3.05) is 0 Å². The van der Waals surface area contributed by atoms with Gasteiger partial charge >= 0.3 is 0 Å². The Balaban J connectivity index is 2.02. The third-order valence-corrected chi connectivity index (χ3v) is 3.20. The minimum Gasteiger partial charge on any atom is -0.299 e. The Kier molecular flexibility index (Phi) is 3.44. The molecule has 3 heteroatoms. The zero-order chi connectivity index (χ0) is 11.4. The fraction of sp³-hybridized carbons (Fsp3) is 0.462. The van der Waals surface area contributed by atoms with Gasteiger partial charge in [0.25, 0.3) is 0 Å². The second kappa shape index (κ2) is 5.01. The number of benzene rings is 1. The molecular formula is C13H15NO2. The molecule has 3 nitrogen and oxygen atoms in total. The number of ketones is 1. The van der Waals surface area contributed by atoms with E-state index in [1.54, 1.807) is 12.1 Å². The van der Waals surface area contributed by atoms with Crippen molar-refractivity contribution in [2.24, 2.45) is 11.1 Å². The predicted molar refractivity (Wildman–Crippen MR) is 62.6 cm³/mol. The molecule has 16 heavy (non-hydrogen) atoms. The van der Waals surface area contributed by atoms with Crippen LogP contribution in [0.2, 0.25) is 0 Å². The third-order valence-electron chi connectivity index (χ3n) is 3.20. The van der Waals surface area contributed by atoms with E-state index in [2.05, 4.69) is 5.18 Å². The molecule has 0 heterocycles. The highest BCUT2D eigenvalue weighted by Crippen LogP contribution is 2.24. The Bertz CT molecular complexity index is 383. The summed E-state index contributed by atoms with van der Waals surface area (Å²) in [6.07, 6.45) is 4.75. The number of Topliss-reactive ketones (excluding diaryl/α,β-unsaturated/α-hetero) is 1. The number of nitroso groups, excluding NO2 is 1. The molecule has 1 atom stereocenters. The fourth-order valence-corrected chi connectivity index (χ4v) is 2.25. The number of hydrogen-bond acceptors (Lipinski definition) is 3. The van der Waals surface area contributed by atoms with E-state index in [0.717, 1.165) is 37.7 Å². The van der Waals surface area contributed by atoms with Crippen molar-refractivity contribution in [1.82, 2.24) is 0 Å². The van der Waals surface area contributed by atoms with Gasteiger partial charge in [0.05, 0.1) is 0 Å². The van der Waals surface area contributed by atoms with Crippen molar-refractivity contribution in [3.8, 4) is 0 Å². The van der Waals surface area contributed by atoms with Crippen LogP contribution < -0.4 is 0 Å². The van der Waals surface area contributed by atoms with Gasteiger partial charge in [-0.3, -0.25) is 4.79 Å². The van der Waals surface area contributed by atoms with Crippen molar-refractivity contribution in [3.05, 3.63) is 34.7 Å². The third kappa shape index (κ3) is 2.54. The number of rotatable bonds is 3. The van der Waals surface area contributed by atoms with Crippen LogP contribution in [0.4, 0.5) is 5.69 Å². The normalized spacial score (nSPS) is 20.8. The van der Waals surface area contributed by atoms with Gasteiger partial charge in [-0.15, -0.1) is 4.91 Å². The molecule has 1 aromatic rings. The minimum absolute atomic E-state index is 0.184. The van der Waals surface area contributed by atoms with E-state index in [-0.39, 0.29) is 5.92 Å². The van der Waals surface area contributed by atoms with Gasteiger partial charge in [0.1, 0.15) is 11.5 Å². The molecule has 0 spiro atoms. The fourth-order valence-electron chi connectivity index (χ4n) is 2.25.